The van der Waals surface area contributed by atoms with Crippen LogP contribution in [0.25, 0.3) is 23.1 Å². The highest BCUT2D eigenvalue weighted by Gasteiger charge is 2.08. The highest BCUT2D eigenvalue weighted by molar-refractivity contribution is 5.99. The number of carbonyl (C=O) groups is 1. The molecule has 0 bridgehead atoms. The maximum atomic E-state index is 11.6. The Labute approximate surface area is 126 Å². The molecule has 110 valence electrons. The van der Waals surface area contributed by atoms with Crippen molar-refractivity contribution < 1.29 is 14.3 Å². The molecule has 0 aliphatic carbocycles. The third-order valence-electron chi connectivity index (χ3n) is 3.35. The normalized spacial score (nSPS) is 11.1. The molecular weight excluding hydrogens is 280 g/mol. The molecule has 0 spiro atoms. The number of phenols is 1. The van der Waals surface area contributed by atoms with Gasteiger partial charge < -0.3 is 9.52 Å². The SMILES string of the molecule is NNC(=O)c1ccc2occ(C=Cc3ccc(O)cc3)c2c1. The summed E-state index contributed by atoms with van der Waals surface area (Å²) in [6.45, 7) is 0. The number of hydrogen-bond donors (Lipinski definition) is 3. The van der Waals surface area contributed by atoms with Gasteiger partial charge >= 0.3 is 0 Å². The molecule has 0 unspecified atom stereocenters. The summed E-state index contributed by atoms with van der Waals surface area (Å²) in [4.78, 5) is 11.6. The van der Waals surface area contributed by atoms with Gasteiger partial charge in [0.05, 0.1) is 6.26 Å². The molecule has 3 rings (SSSR count). The average molecular weight is 294 g/mol. The van der Waals surface area contributed by atoms with Gasteiger partial charge in [0.1, 0.15) is 11.3 Å². The van der Waals surface area contributed by atoms with E-state index in [0.717, 1.165) is 16.5 Å². The van der Waals surface area contributed by atoms with Gasteiger partial charge in [-0.05, 0) is 35.9 Å². The number of furan rings is 1. The lowest BCUT2D eigenvalue weighted by Crippen LogP contribution is -2.29. The lowest BCUT2D eigenvalue weighted by molar-refractivity contribution is 0.0954. The minimum atomic E-state index is -0.350. The Balaban J connectivity index is 1.96. The van der Waals surface area contributed by atoms with Crippen molar-refractivity contribution in [3.05, 3.63) is 65.4 Å². The first-order valence-electron chi connectivity index (χ1n) is 6.66. The first-order chi connectivity index (χ1) is 10.7. The molecule has 22 heavy (non-hydrogen) atoms. The van der Waals surface area contributed by atoms with Crippen LogP contribution in [-0.4, -0.2) is 11.0 Å². The minimum absolute atomic E-state index is 0.225. The van der Waals surface area contributed by atoms with Crippen LogP contribution in [0.4, 0.5) is 0 Å². The fraction of sp³-hybridized carbons (Fsp3) is 0. The topological polar surface area (TPSA) is 88.5 Å². The summed E-state index contributed by atoms with van der Waals surface area (Å²) in [6.07, 6.45) is 5.42. The number of fused-ring (bicyclic) bond motifs is 1. The molecule has 1 heterocycles. The largest absolute Gasteiger partial charge is 0.508 e. The van der Waals surface area contributed by atoms with Gasteiger partial charge in [-0.3, -0.25) is 10.2 Å². The molecule has 0 saturated carbocycles. The molecule has 5 heteroatoms. The van der Waals surface area contributed by atoms with E-state index in [9.17, 15) is 9.90 Å². The van der Waals surface area contributed by atoms with Crippen LogP contribution in [0.5, 0.6) is 5.75 Å². The standard InChI is InChI=1S/C17H14N2O3/c18-19-17(21)12-5-8-16-15(9-12)13(10-22-16)4-1-11-2-6-14(20)7-3-11/h1-10,20H,18H2,(H,19,21). The highest BCUT2D eigenvalue weighted by atomic mass is 16.3. The third-order valence-corrected chi connectivity index (χ3v) is 3.35. The molecule has 1 aromatic heterocycles. The molecule has 5 nitrogen and oxygen atoms in total. The Morgan fingerprint density at radius 3 is 2.64 bits per heavy atom. The fourth-order valence-electron chi connectivity index (χ4n) is 2.17. The third kappa shape index (κ3) is 2.70. The Bertz CT molecular complexity index is 848. The lowest BCUT2D eigenvalue weighted by Gasteiger charge is -1.99. The van der Waals surface area contributed by atoms with E-state index < -0.39 is 0 Å². The van der Waals surface area contributed by atoms with Gasteiger partial charge in [-0.1, -0.05) is 24.3 Å². The van der Waals surface area contributed by atoms with Gasteiger partial charge in [-0.2, -0.15) is 0 Å². The second-order valence-electron chi connectivity index (χ2n) is 4.80. The monoisotopic (exact) mass is 294 g/mol. The van der Waals surface area contributed by atoms with Gasteiger partial charge in [-0.25, -0.2) is 5.84 Å². The average Bonchev–Trinajstić information content (AvgIpc) is 2.96. The first kappa shape index (κ1) is 13.9. The number of amides is 1. The van der Waals surface area contributed by atoms with Crippen LogP contribution >= 0.6 is 0 Å². The number of hydrogen-bond acceptors (Lipinski definition) is 4. The van der Waals surface area contributed by atoms with E-state index in [1.54, 1.807) is 48.7 Å². The van der Waals surface area contributed by atoms with Gasteiger partial charge in [0.15, 0.2) is 0 Å². The van der Waals surface area contributed by atoms with Crippen molar-refractivity contribution in [3.63, 3.8) is 0 Å². The summed E-state index contributed by atoms with van der Waals surface area (Å²) in [6, 6.07) is 12.0. The van der Waals surface area contributed by atoms with E-state index in [1.165, 1.54) is 0 Å². The van der Waals surface area contributed by atoms with Gasteiger partial charge in [0, 0.05) is 16.5 Å². The van der Waals surface area contributed by atoms with Crippen LogP contribution in [-0.2, 0) is 0 Å². The molecule has 0 radical (unpaired) electrons. The van der Waals surface area contributed by atoms with Crippen molar-refractivity contribution in [2.75, 3.05) is 0 Å². The lowest BCUT2D eigenvalue weighted by atomic mass is 10.1. The Morgan fingerprint density at radius 1 is 1.14 bits per heavy atom. The quantitative estimate of drug-likeness (QED) is 0.393. The molecule has 0 aliphatic heterocycles. The molecule has 4 N–H and O–H groups in total. The molecule has 3 aromatic rings. The Morgan fingerprint density at radius 2 is 1.91 bits per heavy atom. The van der Waals surface area contributed by atoms with Crippen molar-refractivity contribution in [3.8, 4) is 5.75 Å². The van der Waals surface area contributed by atoms with E-state index >= 15 is 0 Å². The summed E-state index contributed by atoms with van der Waals surface area (Å²) in [5, 5.41) is 10.1. The molecule has 2 aromatic carbocycles. The molecular formula is C17H14N2O3. The Kier molecular flexibility index (Phi) is 3.64. The predicted molar refractivity (Wildman–Crippen MR) is 84.9 cm³/mol. The number of rotatable bonds is 3. The summed E-state index contributed by atoms with van der Waals surface area (Å²) >= 11 is 0. The smallest absolute Gasteiger partial charge is 0.265 e. The molecule has 0 aliphatic rings. The number of nitrogen functional groups attached to an aromatic ring is 1. The van der Waals surface area contributed by atoms with E-state index in [2.05, 4.69) is 5.43 Å². The van der Waals surface area contributed by atoms with E-state index in [4.69, 9.17) is 10.3 Å². The van der Waals surface area contributed by atoms with Gasteiger partial charge in [0.2, 0.25) is 0 Å². The van der Waals surface area contributed by atoms with Crippen molar-refractivity contribution in [2.45, 2.75) is 0 Å². The second-order valence-corrected chi connectivity index (χ2v) is 4.80. The van der Waals surface area contributed by atoms with Crippen molar-refractivity contribution in [1.82, 2.24) is 5.43 Å². The zero-order valence-electron chi connectivity index (χ0n) is 11.6. The summed E-state index contributed by atoms with van der Waals surface area (Å²) in [5.74, 6) is 5.03. The number of hydrazine groups is 1. The van der Waals surface area contributed by atoms with Crippen LogP contribution in [0, 0.1) is 0 Å². The van der Waals surface area contributed by atoms with Crippen molar-refractivity contribution in [2.24, 2.45) is 5.84 Å². The van der Waals surface area contributed by atoms with Crippen LogP contribution in [0.1, 0.15) is 21.5 Å². The Hall–Kier alpha value is -3.05. The number of benzene rings is 2. The highest BCUT2D eigenvalue weighted by Crippen LogP contribution is 2.24. The number of nitrogens with two attached hydrogens (primary N) is 1. The van der Waals surface area contributed by atoms with E-state index in [-0.39, 0.29) is 11.7 Å². The minimum Gasteiger partial charge on any atom is -0.508 e. The predicted octanol–water partition coefficient (Wildman–Crippen LogP) is 2.91. The zero-order chi connectivity index (χ0) is 15.5. The second kappa shape index (κ2) is 5.75. The van der Waals surface area contributed by atoms with Crippen LogP contribution in [0.3, 0.4) is 0 Å². The van der Waals surface area contributed by atoms with Crippen LogP contribution < -0.4 is 11.3 Å². The summed E-state index contributed by atoms with van der Waals surface area (Å²) < 4.78 is 5.47. The maximum Gasteiger partial charge on any atom is 0.265 e. The summed E-state index contributed by atoms with van der Waals surface area (Å²) in [7, 11) is 0. The molecule has 0 saturated heterocycles. The van der Waals surface area contributed by atoms with Gasteiger partial charge in [0.25, 0.3) is 5.91 Å². The maximum absolute atomic E-state index is 11.6. The molecule has 0 atom stereocenters. The number of carbonyl (C=O) groups excluding carboxylic acids is 1. The first-order valence-corrected chi connectivity index (χ1v) is 6.66. The number of nitrogens with one attached hydrogen (secondary N) is 1. The van der Waals surface area contributed by atoms with Crippen molar-refractivity contribution >= 4 is 29.0 Å². The number of aromatic hydroxyl groups is 1. The van der Waals surface area contributed by atoms with Crippen LogP contribution in [0.2, 0.25) is 0 Å². The fourth-order valence-corrected chi connectivity index (χ4v) is 2.17. The molecule has 0 fully saturated rings. The van der Waals surface area contributed by atoms with E-state index in [0.29, 0.717) is 11.1 Å². The van der Waals surface area contributed by atoms with E-state index in [1.807, 2.05) is 12.2 Å². The zero-order valence-corrected chi connectivity index (χ0v) is 11.6. The van der Waals surface area contributed by atoms with Crippen LogP contribution in [0.15, 0.2) is 53.1 Å². The molecule has 1 amide bonds. The summed E-state index contributed by atoms with van der Waals surface area (Å²) in [5.41, 5.74) is 5.07. The number of phenolic OH excluding ortho intramolecular Hbond substituents is 1. The van der Waals surface area contributed by atoms with Crippen molar-refractivity contribution in [1.29, 1.82) is 0 Å². The van der Waals surface area contributed by atoms with Gasteiger partial charge in [-0.15, -0.1) is 0 Å².